The van der Waals surface area contributed by atoms with E-state index in [4.69, 9.17) is 11.6 Å². The molecule has 20 heavy (non-hydrogen) atoms. The molecule has 0 bridgehead atoms. The van der Waals surface area contributed by atoms with Gasteiger partial charge in [0, 0.05) is 22.0 Å². The Morgan fingerprint density at radius 2 is 1.80 bits per heavy atom. The first-order valence-electron chi connectivity index (χ1n) is 6.17. The van der Waals surface area contributed by atoms with E-state index in [2.05, 4.69) is 10.6 Å². The summed E-state index contributed by atoms with van der Waals surface area (Å²) in [7, 11) is 0. The van der Waals surface area contributed by atoms with Crippen molar-refractivity contribution in [3.8, 4) is 0 Å². The average molecular weight is 291 g/mol. The van der Waals surface area contributed by atoms with Crippen LogP contribution in [0.5, 0.6) is 0 Å². The maximum absolute atomic E-state index is 11.8. The zero-order valence-electron chi connectivity index (χ0n) is 10.8. The summed E-state index contributed by atoms with van der Waals surface area (Å²) in [6, 6.07) is 14.2. The average Bonchev–Trinajstić information content (AvgIpc) is 2.48. The molecule has 0 unspecified atom stereocenters. The second-order valence-corrected chi connectivity index (χ2v) is 4.66. The van der Waals surface area contributed by atoms with Crippen LogP contribution in [0, 0.1) is 0 Å². The van der Waals surface area contributed by atoms with Gasteiger partial charge in [-0.3, -0.25) is 4.79 Å². The fourth-order valence-electron chi connectivity index (χ4n) is 1.74. The molecular weight excluding hydrogens is 276 g/mol. The van der Waals surface area contributed by atoms with E-state index in [1.807, 2.05) is 18.2 Å². The molecule has 5 heteroatoms. The van der Waals surface area contributed by atoms with Crippen LogP contribution in [0.2, 0.25) is 5.02 Å². The Bertz CT molecular complexity index is 585. The predicted octanol–water partition coefficient (Wildman–Crippen LogP) is 2.88. The first-order valence-corrected chi connectivity index (χ1v) is 6.55. The number of amides is 1. The first kappa shape index (κ1) is 14.4. The third-order valence-electron chi connectivity index (χ3n) is 2.76. The third-order valence-corrected chi connectivity index (χ3v) is 3.01. The molecule has 0 fully saturated rings. The molecule has 2 rings (SSSR count). The van der Waals surface area contributed by atoms with Gasteiger partial charge in [-0.2, -0.15) is 0 Å². The molecule has 0 saturated carbocycles. The summed E-state index contributed by atoms with van der Waals surface area (Å²) in [4.78, 5) is 11.8. The van der Waals surface area contributed by atoms with Crippen molar-refractivity contribution >= 4 is 28.9 Å². The lowest BCUT2D eigenvalue weighted by atomic mass is 10.2. The van der Waals surface area contributed by atoms with Gasteiger partial charge in [-0.25, -0.2) is 0 Å². The molecule has 1 amide bonds. The first-order chi connectivity index (χ1) is 9.69. The van der Waals surface area contributed by atoms with Gasteiger partial charge in [0.1, 0.15) is 0 Å². The van der Waals surface area contributed by atoms with Gasteiger partial charge >= 0.3 is 0 Å². The Balaban J connectivity index is 1.90. The minimum atomic E-state index is -0.167. The second-order valence-electron chi connectivity index (χ2n) is 4.22. The van der Waals surface area contributed by atoms with Crippen LogP contribution in [0.3, 0.4) is 0 Å². The smallest absolute Gasteiger partial charge is 0.243 e. The molecule has 104 valence electrons. The molecular formula is C15H15ClN2O2. The van der Waals surface area contributed by atoms with E-state index in [0.29, 0.717) is 10.7 Å². The van der Waals surface area contributed by atoms with Crippen LogP contribution in [0.4, 0.5) is 11.4 Å². The second kappa shape index (κ2) is 6.93. The number of anilines is 2. The summed E-state index contributed by atoms with van der Waals surface area (Å²) < 4.78 is 0. The van der Waals surface area contributed by atoms with E-state index in [9.17, 15) is 9.90 Å². The van der Waals surface area contributed by atoms with Crippen molar-refractivity contribution < 1.29 is 9.90 Å². The topological polar surface area (TPSA) is 61.4 Å². The van der Waals surface area contributed by atoms with Crippen LogP contribution >= 0.6 is 11.6 Å². The highest BCUT2D eigenvalue weighted by molar-refractivity contribution is 6.30. The van der Waals surface area contributed by atoms with E-state index in [-0.39, 0.29) is 19.1 Å². The number of para-hydroxylation sites is 1. The lowest BCUT2D eigenvalue weighted by Crippen LogP contribution is -2.22. The molecule has 0 aliphatic heterocycles. The van der Waals surface area contributed by atoms with Crippen molar-refractivity contribution in [1.82, 2.24) is 0 Å². The Morgan fingerprint density at radius 1 is 1.10 bits per heavy atom. The van der Waals surface area contributed by atoms with E-state index in [1.54, 1.807) is 30.3 Å². The molecule has 0 heterocycles. The Kier molecular flexibility index (Phi) is 4.98. The minimum absolute atomic E-state index is 0.0675. The number of carbonyl (C=O) groups is 1. The number of rotatable bonds is 5. The van der Waals surface area contributed by atoms with Crippen LogP contribution in [0.15, 0.2) is 48.5 Å². The van der Waals surface area contributed by atoms with E-state index in [0.717, 1.165) is 11.3 Å². The number of hydrogen-bond donors (Lipinski definition) is 3. The van der Waals surface area contributed by atoms with Crippen LogP contribution in [-0.2, 0) is 11.4 Å². The van der Waals surface area contributed by atoms with Gasteiger partial charge in [-0.1, -0.05) is 29.8 Å². The predicted molar refractivity (Wildman–Crippen MR) is 80.9 cm³/mol. The molecule has 0 aromatic heterocycles. The maximum atomic E-state index is 11.8. The van der Waals surface area contributed by atoms with Crippen LogP contribution in [0.1, 0.15) is 5.56 Å². The van der Waals surface area contributed by atoms with Crippen molar-refractivity contribution in [2.45, 2.75) is 6.61 Å². The van der Waals surface area contributed by atoms with Gasteiger partial charge in [-0.15, -0.1) is 0 Å². The number of carbonyl (C=O) groups excluding carboxylic acids is 1. The number of hydrogen-bond acceptors (Lipinski definition) is 3. The lowest BCUT2D eigenvalue weighted by Gasteiger charge is -2.10. The van der Waals surface area contributed by atoms with Crippen molar-refractivity contribution in [3.63, 3.8) is 0 Å². The Hall–Kier alpha value is -2.04. The number of nitrogens with one attached hydrogen (secondary N) is 2. The Labute approximate surface area is 122 Å². The van der Waals surface area contributed by atoms with Gasteiger partial charge in [0.25, 0.3) is 0 Å². The van der Waals surface area contributed by atoms with Crippen molar-refractivity contribution in [2.75, 3.05) is 17.2 Å². The van der Waals surface area contributed by atoms with Gasteiger partial charge in [0.05, 0.1) is 13.2 Å². The molecule has 2 aromatic rings. The maximum Gasteiger partial charge on any atom is 0.243 e. The lowest BCUT2D eigenvalue weighted by molar-refractivity contribution is -0.114. The van der Waals surface area contributed by atoms with E-state index >= 15 is 0 Å². The normalized spacial score (nSPS) is 10.1. The SMILES string of the molecule is O=C(CNc1ccccc1CO)Nc1ccc(Cl)cc1. The van der Waals surface area contributed by atoms with Crippen LogP contribution < -0.4 is 10.6 Å². The standard InChI is InChI=1S/C15H15ClN2O2/c16-12-5-7-13(8-6-12)18-15(20)9-17-14-4-2-1-3-11(14)10-19/h1-8,17,19H,9-10H2,(H,18,20). The number of benzene rings is 2. The summed E-state index contributed by atoms with van der Waals surface area (Å²) in [5.41, 5.74) is 2.20. The summed E-state index contributed by atoms with van der Waals surface area (Å²) in [6.07, 6.45) is 0. The molecule has 3 N–H and O–H groups in total. The monoisotopic (exact) mass is 290 g/mol. The summed E-state index contributed by atoms with van der Waals surface area (Å²) >= 11 is 5.77. The largest absolute Gasteiger partial charge is 0.392 e. The number of halogens is 1. The van der Waals surface area contributed by atoms with Crippen molar-refractivity contribution in [3.05, 3.63) is 59.1 Å². The van der Waals surface area contributed by atoms with E-state index in [1.165, 1.54) is 0 Å². The molecule has 0 spiro atoms. The quantitative estimate of drug-likeness (QED) is 0.793. The minimum Gasteiger partial charge on any atom is -0.392 e. The van der Waals surface area contributed by atoms with Gasteiger partial charge in [-0.05, 0) is 30.3 Å². The number of aliphatic hydroxyl groups is 1. The molecule has 0 aliphatic rings. The van der Waals surface area contributed by atoms with Gasteiger partial charge in [0.2, 0.25) is 5.91 Å². The number of aliphatic hydroxyl groups excluding tert-OH is 1. The molecule has 2 aromatic carbocycles. The zero-order valence-corrected chi connectivity index (χ0v) is 11.5. The van der Waals surface area contributed by atoms with Gasteiger partial charge < -0.3 is 15.7 Å². The summed E-state index contributed by atoms with van der Waals surface area (Å²) in [5.74, 6) is -0.167. The fraction of sp³-hybridized carbons (Fsp3) is 0.133. The highest BCUT2D eigenvalue weighted by Gasteiger charge is 2.04. The highest BCUT2D eigenvalue weighted by Crippen LogP contribution is 2.15. The van der Waals surface area contributed by atoms with Gasteiger partial charge in [0.15, 0.2) is 0 Å². The molecule has 0 atom stereocenters. The van der Waals surface area contributed by atoms with Crippen molar-refractivity contribution in [1.29, 1.82) is 0 Å². The summed E-state index contributed by atoms with van der Waals surface area (Å²) in [6.45, 7) is 0.0572. The fourth-order valence-corrected chi connectivity index (χ4v) is 1.87. The van der Waals surface area contributed by atoms with Crippen LogP contribution in [-0.4, -0.2) is 17.6 Å². The van der Waals surface area contributed by atoms with Crippen LogP contribution in [0.25, 0.3) is 0 Å². The molecule has 0 saturated heterocycles. The highest BCUT2D eigenvalue weighted by atomic mass is 35.5. The summed E-state index contributed by atoms with van der Waals surface area (Å²) in [5, 5.41) is 15.6. The zero-order chi connectivity index (χ0) is 14.4. The van der Waals surface area contributed by atoms with Crippen molar-refractivity contribution in [2.24, 2.45) is 0 Å². The Morgan fingerprint density at radius 3 is 2.50 bits per heavy atom. The van der Waals surface area contributed by atoms with E-state index < -0.39 is 0 Å². The molecule has 4 nitrogen and oxygen atoms in total. The molecule has 0 aliphatic carbocycles. The third kappa shape index (κ3) is 3.98. The molecule has 0 radical (unpaired) electrons.